The molecular formula is C14H20N2O4S. The number of hydrogen-bond acceptors (Lipinski definition) is 5. The van der Waals surface area contributed by atoms with Crippen molar-refractivity contribution >= 4 is 10.0 Å². The molecule has 0 amide bonds. The van der Waals surface area contributed by atoms with Gasteiger partial charge in [0, 0.05) is 25.2 Å². The van der Waals surface area contributed by atoms with Gasteiger partial charge in [-0.2, -0.15) is 4.31 Å². The van der Waals surface area contributed by atoms with Gasteiger partial charge in [-0.05, 0) is 24.5 Å². The minimum Gasteiger partial charge on any atom is -0.486 e. The minimum absolute atomic E-state index is 0.136. The molecule has 0 spiro atoms. The van der Waals surface area contributed by atoms with Crippen LogP contribution in [0.25, 0.3) is 0 Å². The summed E-state index contributed by atoms with van der Waals surface area (Å²) in [5.74, 6) is 1.35. The molecule has 0 radical (unpaired) electrons. The van der Waals surface area contributed by atoms with E-state index in [1.54, 1.807) is 18.2 Å². The molecule has 2 atom stereocenters. The lowest BCUT2D eigenvalue weighted by molar-refractivity contribution is 0.171. The Balaban J connectivity index is 1.95. The number of hydrogen-bond donors (Lipinski definition) is 1. The van der Waals surface area contributed by atoms with Crippen LogP contribution in [0.15, 0.2) is 23.1 Å². The van der Waals surface area contributed by atoms with Gasteiger partial charge in [-0.3, -0.25) is 0 Å². The summed E-state index contributed by atoms with van der Waals surface area (Å²) in [7, 11) is -3.55. The maximum absolute atomic E-state index is 12.8. The van der Waals surface area contributed by atoms with Gasteiger partial charge in [0.05, 0.1) is 4.90 Å². The second-order valence-corrected chi connectivity index (χ2v) is 7.38. The van der Waals surface area contributed by atoms with Crippen molar-refractivity contribution in [3.8, 4) is 11.5 Å². The predicted octanol–water partition coefficient (Wildman–Crippen LogP) is 0.816. The van der Waals surface area contributed by atoms with Crippen molar-refractivity contribution in [3.63, 3.8) is 0 Å². The van der Waals surface area contributed by atoms with Gasteiger partial charge in [0.2, 0.25) is 10.0 Å². The minimum atomic E-state index is -3.55. The molecule has 3 rings (SSSR count). The Hall–Kier alpha value is -1.31. The van der Waals surface area contributed by atoms with Gasteiger partial charge >= 0.3 is 0 Å². The molecule has 0 bridgehead atoms. The van der Waals surface area contributed by atoms with E-state index in [2.05, 4.69) is 0 Å². The van der Waals surface area contributed by atoms with Crippen molar-refractivity contribution < 1.29 is 17.9 Å². The van der Waals surface area contributed by atoms with Crippen LogP contribution in [-0.2, 0) is 10.0 Å². The van der Waals surface area contributed by atoms with E-state index in [4.69, 9.17) is 15.2 Å². The number of fused-ring (bicyclic) bond motifs is 1. The lowest BCUT2D eigenvalue weighted by atomic mass is 10.0. The van der Waals surface area contributed by atoms with E-state index in [9.17, 15) is 8.42 Å². The van der Waals surface area contributed by atoms with Crippen LogP contribution in [0.5, 0.6) is 11.5 Å². The zero-order chi connectivity index (χ0) is 15.0. The Bertz CT molecular complexity index is 632. The molecule has 2 unspecified atom stereocenters. The van der Waals surface area contributed by atoms with Crippen molar-refractivity contribution in [2.24, 2.45) is 11.7 Å². The van der Waals surface area contributed by atoms with Crippen molar-refractivity contribution in [3.05, 3.63) is 18.2 Å². The van der Waals surface area contributed by atoms with E-state index in [1.165, 1.54) is 4.31 Å². The normalized spacial score (nSPS) is 26.0. The summed E-state index contributed by atoms with van der Waals surface area (Å²) in [6.45, 7) is 3.81. The second kappa shape index (κ2) is 5.47. The fraction of sp³-hybridized carbons (Fsp3) is 0.571. The number of rotatable bonds is 3. The largest absolute Gasteiger partial charge is 0.486 e. The van der Waals surface area contributed by atoms with E-state index in [0.29, 0.717) is 37.8 Å². The first-order chi connectivity index (χ1) is 10.0. The summed E-state index contributed by atoms with van der Waals surface area (Å²) in [4.78, 5) is 0.235. The SMILES string of the molecule is CC1CCN(S(=O)(=O)c2ccc3c(c2)OCCO3)C1CN. The quantitative estimate of drug-likeness (QED) is 0.893. The van der Waals surface area contributed by atoms with Crippen molar-refractivity contribution in [1.29, 1.82) is 0 Å². The van der Waals surface area contributed by atoms with E-state index in [0.717, 1.165) is 6.42 Å². The summed E-state index contributed by atoms with van der Waals surface area (Å²) in [5.41, 5.74) is 5.75. The van der Waals surface area contributed by atoms with Gasteiger partial charge in [-0.25, -0.2) is 8.42 Å². The number of sulfonamides is 1. The zero-order valence-corrected chi connectivity index (χ0v) is 12.8. The van der Waals surface area contributed by atoms with Crippen LogP contribution in [0.3, 0.4) is 0 Å². The molecule has 2 aliphatic heterocycles. The van der Waals surface area contributed by atoms with Crippen LogP contribution in [0.1, 0.15) is 13.3 Å². The average molecular weight is 312 g/mol. The van der Waals surface area contributed by atoms with Gasteiger partial charge in [0.15, 0.2) is 11.5 Å². The predicted molar refractivity (Wildman–Crippen MR) is 77.9 cm³/mol. The number of benzene rings is 1. The monoisotopic (exact) mass is 312 g/mol. The lowest BCUT2D eigenvalue weighted by Gasteiger charge is -2.26. The maximum atomic E-state index is 12.8. The number of ether oxygens (including phenoxy) is 2. The van der Waals surface area contributed by atoms with Crippen molar-refractivity contribution in [1.82, 2.24) is 4.31 Å². The Morgan fingerprint density at radius 1 is 1.29 bits per heavy atom. The first kappa shape index (κ1) is 14.6. The third-order valence-electron chi connectivity index (χ3n) is 4.19. The number of nitrogens with zero attached hydrogens (tertiary/aromatic N) is 1. The molecule has 7 heteroatoms. The van der Waals surface area contributed by atoms with E-state index in [1.807, 2.05) is 6.92 Å². The summed E-state index contributed by atoms with van der Waals surface area (Å²) in [5, 5.41) is 0. The van der Waals surface area contributed by atoms with Gasteiger partial charge in [0.1, 0.15) is 13.2 Å². The molecule has 116 valence electrons. The highest BCUT2D eigenvalue weighted by molar-refractivity contribution is 7.89. The third kappa shape index (κ3) is 2.49. The summed E-state index contributed by atoms with van der Waals surface area (Å²) in [6, 6.07) is 4.63. The smallest absolute Gasteiger partial charge is 0.243 e. The van der Waals surface area contributed by atoms with Crippen LogP contribution in [-0.4, -0.2) is 45.1 Å². The molecule has 1 saturated heterocycles. The summed E-state index contributed by atoms with van der Waals surface area (Å²) in [6.07, 6.45) is 0.839. The van der Waals surface area contributed by atoms with Crippen molar-refractivity contribution in [2.45, 2.75) is 24.3 Å². The van der Waals surface area contributed by atoms with Gasteiger partial charge in [0.25, 0.3) is 0 Å². The highest BCUT2D eigenvalue weighted by Gasteiger charge is 2.39. The zero-order valence-electron chi connectivity index (χ0n) is 12.0. The first-order valence-corrected chi connectivity index (χ1v) is 8.59. The molecule has 2 aliphatic rings. The third-order valence-corrected chi connectivity index (χ3v) is 6.11. The fourth-order valence-corrected chi connectivity index (χ4v) is 4.70. The Morgan fingerprint density at radius 2 is 2.00 bits per heavy atom. The van der Waals surface area contributed by atoms with Crippen LogP contribution in [0.4, 0.5) is 0 Å². The van der Waals surface area contributed by atoms with Crippen LogP contribution in [0, 0.1) is 5.92 Å². The van der Waals surface area contributed by atoms with Crippen LogP contribution < -0.4 is 15.2 Å². The van der Waals surface area contributed by atoms with E-state index >= 15 is 0 Å². The molecule has 0 aromatic heterocycles. The highest BCUT2D eigenvalue weighted by Crippen LogP contribution is 2.35. The van der Waals surface area contributed by atoms with Gasteiger partial charge in [-0.1, -0.05) is 6.92 Å². The van der Waals surface area contributed by atoms with Crippen LogP contribution >= 0.6 is 0 Å². The molecule has 1 fully saturated rings. The molecule has 2 heterocycles. The molecule has 21 heavy (non-hydrogen) atoms. The Labute approximate surface area is 124 Å². The van der Waals surface area contributed by atoms with Crippen LogP contribution in [0.2, 0.25) is 0 Å². The molecular weight excluding hydrogens is 292 g/mol. The first-order valence-electron chi connectivity index (χ1n) is 7.15. The lowest BCUT2D eigenvalue weighted by Crippen LogP contribution is -2.42. The average Bonchev–Trinajstić information content (AvgIpc) is 2.88. The molecule has 1 aromatic carbocycles. The van der Waals surface area contributed by atoms with Gasteiger partial charge in [-0.15, -0.1) is 0 Å². The Kier molecular flexibility index (Phi) is 3.81. The maximum Gasteiger partial charge on any atom is 0.243 e. The highest BCUT2D eigenvalue weighted by atomic mass is 32.2. The van der Waals surface area contributed by atoms with Gasteiger partial charge < -0.3 is 15.2 Å². The summed E-state index contributed by atoms with van der Waals surface area (Å²) >= 11 is 0. The fourth-order valence-electron chi connectivity index (χ4n) is 2.94. The molecule has 1 aromatic rings. The molecule has 2 N–H and O–H groups in total. The van der Waals surface area contributed by atoms with E-state index in [-0.39, 0.29) is 16.9 Å². The second-order valence-electron chi connectivity index (χ2n) is 5.49. The molecule has 0 aliphatic carbocycles. The molecule has 6 nitrogen and oxygen atoms in total. The van der Waals surface area contributed by atoms with Crippen molar-refractivity contribution in [2.75, 3.05) is 26.3 Å². The molecule has 0 saturated carbocycles. The standard InChI is InChI=1S/C14H20N2O4S/c1-10-4-5-16(12(10)9-15)21(17,18)11-2-3-13-14(8-11)20-7-6-19-13/h2-3,8,10,12H,4-7,9,15H2,1H3. The topological polar surface area (TPSA) is 81.9 Å². The number of nitrogens with two attached hydrogens (primary N) is 1. The van der Waals surface area contributed by atoms with E-state index < -0.39 is 10.0 Å². The summed E-state index contributed by atoms with van der Waals surface area (Å²) < 4.78 is 38.0. The Morgan fingerprint density at radius 3 is 2.71 bits per heavy atom.